The van der Waals surface area contributed by atoms with Crippen molar-refractivity contribution < 1.29 is 9.32 Å². The summed E-state index contributed by atoms with van der Waals surface area (Å²) in [5.74, 6) is 0.507. The van der Waals surface area contributed by atoms with Crippen LogP contribution >= 0.6 is 0 Å². The molecule has 0 bridgehead atoms. The average Bonchev–Trinajstić information content (AvgIpc) is 2.13. The molecule has 0 atom stereocenters. The van der Waals surface area contributed by atoms with E-state index in [-0.39, 0.29) is 5.82 Å². The molecule has 5 heteroatoms. The Labute approximate surface area is 78.0 Å². The molecule has 0 aliphatic rings. The molecule has 0 radical (unpaired) electrons. The minimum atomic E-state index is -0.0375. The second kappa shape index (κ2) is 6.42. The van der Waals surface area contributed by atoms with Crippen molar-refractivity contribution in [3.05, 3.63) is 12.4 Å². The molecular formula is C8H16FN3O. The first-order chi connectivity index (χ1) is 6.11. The number of rotatable bonds is 5. The van der Waals surface area contributed by atoms with Crippen LogP contribution in [0.25, 0.3) is 0 Å². The first-order valence-electron chi connectivity index (χ1n) is 4.09. The summed E-state index contributed by atoms with van der Waals surface area (Å²) >= 11 is 0. The Kier molecular flexibility index (Phi) is 5.88. The van der Waals surface area contributed by atoms with E-state index in [1.165, 1.54) is 10.6 Å². The topological polar surface area (TPSA) is 36.9 Å². The predicted molar refractivity (Wildman–Crippen MR) is 50.5 cm³/mol. The van der Waals surface area contributed by atoms with E-state index in [1.807, 2.05) is 6.92 Å². The number of hydrogen-bond acceptors (Lipinski definition) is 3. The zero-order valence-electron chi connectivity index (χ0n) is 8.30. The minimum absolute atomic E-state index is 0.0375. The highest BCUT2D eigenvalue weighted by Crippen LogP contribution is 1.95. The highest BCUT2D eigenvalue weighted by atomic mass is 19.2. The molecule has 0 spiro atoms. The third-order valence-electron chi connectivity index (χ3n) is 1.35. The fourth-order valence-electron chi connectivity index (χ4n) is 0.608. The Morgan fingerprint density at radius 1 is 1.69 bits per heavy atom. The van der Waals surface area contributed by atoms with Crippen LogP contribution in [0.1, 0.15) is 20.3 Å². The first-order valence-corrected chi connectivity index (χ1v) is 4.09. The second-order valence-corrected chi connectivity index (χ2v) is 2.53. The van der Waals surface area contributed by atoms with E-state index >= 15 is 0 Å². The van der Waals surface area contributed by atoms with Gasteiger partial charge in [-0.15, -0.1) is 4.48 Å². The van der Waals surface area contributed by atoms with Crippen LogP contribution in [0.2, 0.25) is 0 Å². The van der Waals surface area contributed by atoms with Gasteiger partial charge in [-0.2, -0.15) is 0 Å². The van der Waals surface area contributed by atoms with Crippen LogP contribution in [0.5, 0.6) is 0 Å². The maximum Gasteiger partial charge on any atom is 0.149 e. The number of hydroxylamine groups is 2. The summed E-state index contributed by atoms with van der Waals surface area (Å²) in [6, 6.07) is 0. The van der Waals surface area contributed by atoms with Crippen molar-refractivity contribution in [3.63, 3.8) is 0 Å². The van der Waals surface area contributed by atoms with Crippen LogP contribution in [0, 0.1) is 0 Å². The molecule has 0 saturated heterocycles. The molecule has 76 valence electrons. The molecule has 0 aromatic rings. The van der Waals surface area contributed by atoms with Gasteiger partial charge in [0, 0.05) is 7.05 Å². The summed E-state index contributed by atoms with van der Waals surface area (Å²) in [4.78, 5) is 8.99. The van der Waals surface area contributed by atoms with Crippen LogP contribution in [0.4, 0.5) is 4.48 Å². The monoisotopic (exact) mass is 189 g/mol. The molecule has 13 heavy (non-hydrogen) atoms. The number of hydrogen-bond donors (Lipinski definition) is 1. The lowest BCUT2D eigenvalue weighted by Gasteiger charge is -2.17. The number of amidine groups is 1. The lowest BCUT2D eigenvalue weighted by molar-refractivity contribution is -0.0796. The van der Waals surface area contributed by atoms with Crippen molar-refractivity contribution >= 4 is 5.84 Å². The van der Waals surface area contributed by atoms with Gasteiger partial charge in [0.25, 0.3) is 0 Å². The van der Waals surface area contributed by atoms with Gasteiger partial charge < -0.3 is 0 Å². The van der Waals surface area contributed by atoms with E-state index < -0.39 is 0 Å². The average molecular weight is 189 g/mol. The van der Waals surface area contributed by atoms with Gasteiger partial charge in [0.1, 0.15) is 11.7 Å². The Morgan fingerprint density at radius 2 is 2.31 bits per heavy atom. The maximum absolute atomic E-state index is 11.7. The first kappa shape index (κ1) is 11.9. The van der Waals surface area contributed by atoms with E-state index in [0.717, 1.165) is 6.42 Å². The van der Waals surface area contributed by atoms with E-state index in [1.54, 1.807) is 14.0 Å². The Morgan fingerprint density at radius 3 is 2.77 bits per heavy atom. The van der Waals surface area contributed by atoms with E-state index in [0.29, 0.717) is 12.4 Å². The molecular weight excluding hydrogens is 173 g/mol. The van der Waals surface area contributed by atoms with Crippen molar-refractivity contribution in [2.75, 3.05) is 13.7 Å². The number of nitrogens with one attached hydrogen (secondary N) is 1. The van der Waals surface area contributed by atoms with Crippen molar-refractivity contribution in [2.45, 2.75) is 20.3 Å². The van der Waals surface area contributed by atoms with Gasteiger partial charge in [0.15, 0.2) is 0 Å². The number of halogens is 1. The predicted octanol–water partition coefficient (Wildman–Crippen LogP) is 1.62. The van der Waals surface area contributed by atoms with Crippen LogP contribution in [0.3, 0.4) is 0 Å². The Balaban J connectivity index is 4.00. The third kappa shape index (κ3) is 5.19. The van der Waals surface area contributed by atoms with Gasteiger partial charge in [-0.25, -0.2) is 15.6 Å². The normalized spacial score (nSPS) is 11.2. The molecule has 4 nitrogen and oxygen atoms in total. The number of nitrogens with zero attached hydrogens (tertiary/aromatic N) is 2. The molecule has 0 aromatic heterocycles. The second-order valence-electron chi connectivity index (χ2n) is 2.53. The molecule has 0 rings (SSSR count). The summed E-state index contributed by atoms with van der Waals surface area (Å²) in [6.45, 7) is 7.64. The van der Waals surface area contributed by atoms with Crippen LogP contribution in [-0.4, -0.2) is 24.6 Å². The highest BCUT2D eigenvalue weighted by molar-refractivity contribution is 5.79. The Bertz CT molecular complexity index is 194. The lowest BCUT2D eigenvalue weighted by atomic mass is 10.5. The van der Waals surface area contributed by atoms with Crippen molar-refractivity contribution in [2.24, 2.45) is 4.99 Å². The Hall–Kier alpha value is -1.10. The molecule has 0 unspecified atom stereocenters. The molecule has 0 saturated carbocycles. The summed E-state index contributed by atoms with van der Waals surface area (Å²) in [6.07, 6.45) is 0.917. The van der Waals surface area contributed by atoms with Gasteiger partial charge in [-0.1, -0.05) is 13.5 Å². The summed E-state index contributed by atoms with van der Waals surface area (Å²) in [5.41, 5.74) is 1.34. The molecule has 0 amide bonds. The van der Waals surface area contributed by atoms with Gasteiger partial charge in [0.05, 0.1) is 6.61 Å². The van der Waals surface area contributed by atoms with Gasteiger partial charge in [-0.05, 0) is 13.3 Å². The zero-order chi connectivity index (χ0) is 10.3. The van der Waals surface area contributed by atoms with Crippen LogP contribution < -0.4 is 5.54 Å². The van der Waals surface area contributed by atoms with Crippen molar-refractivity contribution in [3.8, 4) is 0 Å². The van der Waals surface area contributed by atoms with E-state index in [9.17, 15) is 4.48 Å². The molecule has 0 aliphatic heterocycles. The van der Waals surface area contributed by atoms with E-state index in [2.05, 4.69) is 11.6 Å². The molecule has 0 fully saturated rings. The number of aliphatic imine (C=N–C) groups is 1. The maximum atomic E-state index is 11.7. The van der Waals surface area contributed by atoms with Crippen LogP contribution in [0.15, 0.2) is 17.4 Å². The standard InChI is InChI=1S/C8H16FN3O/c1-5-6-13-12(4)8(3)10-7(2)11-9/h11H,2,5-6H2,1,3-4H3. The van der Waals surface area contributed by atoms with Crippen LogP contribution in [-0.2, 0) is 4.84 Å². The fourth-order valence-corrected chi connectivity index (χ4v) is 0.608. The van der Waals surface area contributed by atoms with Gasteiger partial charge in [-0.3, -0.25) is 4.84 Å². The van der Waals surface area contributed by atoms with Gasteiger partial charge in [0.2, 0.25) is 0 Å². The third-order valence-corrected chi connectivity index (χ3v) is 1.35. The van der Waals surface area contributed by atoms with E-state index in [4.69, 9.17) is 4.84 Å². The highest BCUT2D eigenvalue weighted by Gasteiger charge is 2.00. The largest absolute Gasteiger partial charge is 0.273 e. The summed E-state index contributed by atoms with van der Waals surface area (Å²) in [5, 5.41) is 1.48. The van der Waals surface area contributed by atoms with Crippen molar-refractivity contribution in [1.82, 2.24) is 10.6 Å². The quantitative estimate of drug-likeness (QED) is 0.309. The minimum Gasteiger partial charge on any atom is -0.273 e. The molecule has 1 N–H and O–H groups in total. The smallest absolute Gasteiger partial charge is 0.149 e. The lowest BCUT2D eigenvalue weighted by Crippen LogP contribution is -2.25. The zero-order valence-corrected chi connectivity index (χ0v) is 8.30. The SMILES string of the molecule is C=C(N=C(C)N(C)OCCC)NF. The summed E-state index contributed by atoms with van der Waals surface area (Å²) in [7, 11) is 1.71. The fraction of sp³-hybridized carbons (Fsp3) is 0.625. The molecule has 0 aromatic carbocycles. The molecule has 0 aliphatic carbocycles. The van der Waals surface area contributed by atoms with Gasteiger partial charge >= 0.3 is 0 Å². The summed E-state index contributed by atoms with van der Waals surface area (Å²) < 4.78 is 11.7. The van der Waals surface area contributed by atoms with Crippen molar-refractivity contribution in [1.29, 1.82) is 0 Å². The molecule has 0 heterocycles.